The van der Waals surface area contributed by atoms with E-state index in [9.17, 15) is 24.0 Å². The highest BCUT2D eigenvalue weighted by Gasteiger charge is 2.47. The van der Waals surface area contributed by atoms with Gasteiger partial charge in [-0.3, -0.25) is 19.2 Å². The molecule has 1 rings (SSSR count). The van der Waals surface area contributed by atoms with Gasteiger partial charge in [0.15, 0.2) is 11.9 Å². The van der Waals surface area contributed by atoms with Crippen LogP contribution in [0.4, 0.5) is 4.79 Å². The standard InChI is InChI=1S/C27H45NO10S2/c1-10-21-15(2)22(35-16(3)29)23(36-17(4)30)25(37-21)40-14-19(28-26(33)38-27(5,6)7)20(31)13-18(11-12-39-9)24(32)34-8/h15,18-19,21-23,25H,10-14H2,1-9H3,(H,28,33)/t15-,18-,19+,21-,22+,23-,25-/m1/s1. The van der Waals surface area contributed by atoms with Gasteiger partial charge in [0.25, 0.3) is 0 Å². The fourth-order valence-electron chi connectivity index (χ4n) is 4.29. The van der Waals surface area contributed by atoms with Gasteiger partial charge in [-0.2, -0.15) is 11.8 Å². The van der Waals surface area contributed by atoms with Crippen LogP contribution in [-0.4, -0.2) is 90.0 Å². The number of carbonyl (C=O) groups is 5. The summed E-state index contributed by atoms with van der Waals surface area (Å²) in [4.78, 5) is 62.3. The highest BCUT2D eigenvalue weighted by atomic mass is 32.2. The van der Waals surface area contributed by atoms with Crippen LogP contribution in [0.25, 0.3) is 0 Å². The van der Waals surface area contributed by atoms with Crippen LogP contribution in [0.5, 0.6) is 0 Å². The average molecular weight is 608 g/mol. The van der Waals surface area contributed by atoms with E-state index in [0.717, 1.165) is 11.8 Å². The Morgan fingerprint density at radius 1 is 1.02 bits per heavy atom. The zero-order valence-electron chi connectivity index (χ0n) is 25.0. The number of Topliss-reactive ketones (excluding diaryl/α,β-unsaturated/α-hetero) is 1. The fourth-order valence-corrected chi connectivity index (χ4v) is 6.09. The predicted molar refractivity (Wildman–Crippen MR) is 153 cm³/mol. The number of esters is 3. The maximum absolute atomic E-state index is 13.5. The van der Waals surface area contributed by atoms with Crippen molar-refractivity contribution < 1.29 is 47.7 Å². The van der Waals surface area contributed by atoms with Crippen molar-refractivity contribution in [1.82, 2.24) is 5.32 Å². The zero-order valence-corrected chi connectivity index (χ0v) is 26.6. The lowest BCUT2D eigenvalue weighted by Gasteiger charge is -2.44. The molecule has 0 aromatic heterocycles. The number of thioether (sulfide) groups is 2. The van der Waals surface area contributed by atoms with Crippen molar-refractivity contribution in [3.63, 3.8) is 0 Å². The molecule has 0 unspecified atom stereocenters. The van der Waals surface area contributed by atoms with E-state index in [0.29, 0.717) is 18.6 Å². The molecule has 0 aromatic rings. The second kappa shape index (κ2) is 17.1. The Morgan fingerprint density at radius 3 is 2.12 bits per heavy atom. The van der Waals surface area contributed by atoms with Crippen LogP contribution in [0.2, 0.25) is 0 Å². The number of hydrogen-bond donors (Lipinski definition) is 1. The van der Waals surface area contributed by atoms with Gasteiger partial charge in [0.2, 0.25) is 0 Å². The molecule has 11 nitrogen and oxygen atoms in total. The second-order valence-corrected chi connectivity index (χ2v) is 12.8. The van der Waals surface area contributed by atoms with Gasteiger partial charge < -0.3 is 29.0 Å². The fraction of sp³-hybridized carbons (Fsp3) is 0.815. The summed E-state index contributed by atoms with van der Waals surface area (Å²) in [5.41, 5.74) is -1.59. The summed E-state index contributed by atoms with van der Waals surface area (Å²) >= 11 is 2.70. The Hall–Kier alpha value is -1.99. The largest absolute Gasteiger partial charge is 0.469 e. The number of hydrogen-bond acceptors (Lipinski definition) is 12. The van der Waals surface area contributed by atoms with Gasteiger partial charge >= 0.3 is 24.0 Å². The molecule has 13 heteroatoms. The number of alkyl carbamates (subject to hydrolysis) is 1. The van der Waals surface area contributed by atoms with Gasteiger partial charge in [0.05, 0.1) is 25.2 Å². The van der Waals surface area contributed by atoms with Gasteiger partial charge in [0, 0.05) is 31.9 Å². The van der Waals surface area contributed by atoms with Crippen molar-refractivity contribution in [1.29, 1.82) is 0 Å². The van der Waals surface area contributed by atoms with Gasteiger partial charge in [-0.1, -0.05) is 13.8 Å². The van der Waals surface area contributed by atoms with E-state index in [4.69, 9.17) is 23.7 Å². The maximum atomic E-state index is 13.5. The number of ether oxygens (including phenoxy) is 5. The van der Waals surface area contributed by atoms with E-state index in [1.165, 1.54) is 21.0 Å². The molecule has 40 heavy (non-hydrogen) atoms. The van der Waals surface area contributed by atoms with Crippen LogP contribution in [0.15, 0.2) is 0 Å². The van der Waals surface area contributed by atoms with Crippen LogP contribution in [-0.2, 0) is 42.9 Å². The summed E-state index contributed by atoms with van der Waals surface area (Å²) in [6, 6.07) is -1.05. The van der Waals surface area contributed by atoms with Crippen molar-refractivity contribution in [3.8, 4) is 0 Å². The molecule has 1 amide bonds. The number of carbonyl (C=O) groups excluding carboxylic acids is 5. The first kappa shape index (κ1) is 36.0. The number of nitrogens with one attached hydrogen (secondary N) is 1. The van der Waals surface area contributed by atoms with E-state index in [1.807, 2.05) is 20.1 Å². The highest BCUT2D eigenvalue weighted by Crippen LogP contribution is 2.37. The topological polar surface area (TPSA) is 144 Å². The number of methoxy groups -OCH3 is 1. The van der Waals surface area contributed by atoms with Gasteiger partial charge in [-0.15, -0.1) is 11.8 Å². The first-order valence-corrected chi connectivity index (χ1v) is 15.8. The van der Waals surface area contributed by atoms with Crippen LogP contribution in [0, 0.1) is 11.8 Å². The third-order valence-corrected chi connectivity index (χ3v) is 8.05. The number of amides is 1. The molecule has 1 N–H and O–H groups in total. The molecule has 0 spiro atoms. The minimum atomic E-state index is -1.05. The summed E-state index contributed by atoms with van der Waals surface area (Å²) in [5, 5.41) is 2.63. The lowest BCUT2D eigenvalue weighted by Crippen LogP contribution is -2.56. The monoisotopic (exact) mass is 607 g/mol. The van der Waals surface area contributed by atoms with Crippen molar-refractivity contribution in [2.45, 2.75) is 103 Å². The Morgan fingerprint density at radius 2 is 1.62 bits per heavy atom. The van der Waals surface area contributed by atoms with E-state index in [1.54, 1.807) is 32.5 Å². The molecule has 1 aliphatic heterocycles. The summed E-state index contributed by atoms with van der Waals surface area (Å²) in [6.45, 7) is 11.4. The second-order valence-electron chi connectivity index (χ2n) is 10.7. The molecule has 0 bridgehead atoms. The van der Waals surface area contributed by atoms with Crippen LogP contribution in [0.3, 0.4) is 0 Å². The zero-order chi connectivity index (χ0) is 30.6. The molecule has 0 saturated carbocycles. The summed E-state index contributed by atoms with van der Waals surface area (Å²) < 4.78 is 27.6. The molecule has 1 aliphatic rings. The van der Waals surface area contributed by atoms with E-state index in [2.05, 4.69) is 5.32 Å². The Kier molecular flexibility index (Phi) is 15.4. The summed E-state index contributed by atoms with van der Waals surface area (Å²) in [5.74, 6) is -2.23. The van der Waals surface area contributed by atoms with Gasteiger partial charge in [-0.25, -0.2) is 4.79 Å². The molecule has 230 valence electrons. The molecular weight excluding hydrogens is 562 g/mol. The first-order valence-electron chi connectivity index (χ1n) is 13.3. The molecular formula is C27H45NO10S2. The molecule has 1 heterocycles. The smallest absolute Gasteiger partial charge is 0.408 e. The Labute approximate surface area is 245 Å². The lowest BCUT2D eigenvalue weighted by molar-refractivity contribution is -0.207. The van der Waals surface area contributed by atoms with E-state index >= 15 is 0 Å². The van der Waals surface area contributed by atoms with E-state index in [-0.39, 0.29) is 30.0 Å². The van der Waals surface area contributed by atoms with Gasteiger partial charge in [0.1, 0.15) is 17.1 Å². The van der Waals surface area contributed by atoms with Crippen molar-refractivity contribution in [3.05, 3.63) is 0 Å². The van der Waals surface area contributed by atoms with Crippen LogP contribution >= 0.6 is 23.5 Å². The number of rotatable bonds is 14. The third-order valence-electron chi connectivity index (χ3n) is 6.17. The third kappa shape index (κ3) is 12.3. The normalized spacial score (nSPS) is 24.3. The first-order chi connectivity index (χ1) is 18.6. The molecule has 7 atom stereocenters. The average Bonchev–Trinajstić information content (AvgIpc) is 2.85. The Bertz CT molecular complexity index is 878. The molecule has 0 radical (unpaired) electrons. The van der Waals surface area contributed by atoms with Crippen molar-refractivity contribution in [2.75, 3.05) is 24.9 Å². The quantitative estimate of drug-likeness (QED) is 0.227. The molecule has 0 aliphatic carbocycles. The number of ketones is 1. The molecule has 1 saturated heterocycles. The van der Waals surface area contributed by atoms with E-state index < -0.39 is 59.2 Å². The minimum absolute atomic E-state index is 0.0224. The Balaban J connectivity index is 3.25. The van der Waals surface area contributed by atoms with Crippen molar-refractivity contribution >= 4 is 53.3 Å². The summed E-state index contributed by atoms with van der Waals surface area (Å²) in [6.07, 6.45) is 0.00569. The SMILES string of the molecule is CC[C@H]1O[C@H](SC[C@H](NC(=O)OC(C)(C)C)C(=O)C[C@@H](CCSC)C(=O)OC)[C@H](OC(C)=O)[C@@H](OC(C)=O)[C@@H]1C. The predicted octanol–water partition coefficient (Wildman–Crippen LogP) is 3.75. The highest BCUT2D eigenvalue weighted by molar-refractivity contribution is 7.99. The minimum Gasteiger partial charge on any atom is -0.469 e. The lowest BCUT2D eigenvalue weighted by atomic mass is 9.89. The summed E-state index contributed by atoms with van der Waals surface area (Å²) in [7, 11) is 1.27. The molecule has 1 fully saturated rings. The van der Waals surface area contributed by atoms with Gasteiger partial charge in [-0.05, 0) is 45.6 Å². The van der Waals surface area contributed by atoms with Crippen molar-refractivity contribution in [2.24, 2.45) is 11.8 Å². The van der Waals surface area contributed by atoms with Crippen LogP contribution in [0.1, 0.15) is 67.7 Å². The molecule has 0 aromatic carbocycles. The maximum Gasteiger partial charge on any atom is 0.408 e. The van der Waals surface area contributed by atoms with Crippen LogP contribution < -0.4 is 5.32 Å².